The maximum Gasteiger partial charge on any atom is 0.0971 e. The van der Waals surface area contributed by atoms with Crippen LogP contribution in [0.5, 0.6) is 0 Å². The number of rotatable bonds is 3. The Labute approximate surface area is 276 Å². The van der Waals surface area contributed by atoms with Gasteiger partial charge >= 0.3 is 0 Å². The molecule has 0 saturated carbocycles. The first-order chi connectivity index (χ1) is 23.8. The molecule has 10 rings (SSSR count). The minimum atomic E-state index is 0.891. The summed E-state index contributed by atoms with van der Waals surface area (Å²) in [6.07, 6.45) is 7.44. The van der Waals surface area contributed by atoms with E-state index in [0.29, 0.717) is 0 Å². The van der Waals surface area contributed by atoms with Crippen LogP contribution in [0.15, 0.2) is 158 Å². The Morgan fingerprint density at radius 1 is 0.354 bits per heavy atom. The predicted octanol–water partition coefficient (Wildman–Crippen LogP) is 11.2. The Morgan fingerprint density at radius 2 is 0.896 bits per heavy atom. The molecule has 4 heteroatoms. The van der Waals surface area contributed by atoms with Gasteiger partial charge in [-0.15, -0.1) is 0 Å². The van der Waals surface area contributed by atoms with E-state index < -0.39 is 0 Å². The Morgan fingerprint density at radius 3 is 1.52 bits per heavy atom. The lowest BCUT2D eigenvalue weighted by molar-refractivity contribution is 1.33. The lowest BCUT2D eigenvalue weighted by atomic mass is 9.85. The van der Waals surface area contributed by atoms with E-state index >= 15 is 0 Å². The third kappa shape index (κ3) is 3.90. The quantitative estimate of drug-likeness (QED) is 0.147. The number of benzene rings is 6. The monoisotopic (exact) mass is 610 g/mol. The Kier molecular flexibility index (Phi) is 5.84. The molecular formula is C44H26N4. The van der Waals surface area contributed by atoms with Gasteiger partial charge < -0.3 is 0 Å². The van der Waals surface area contributed by atoms with Crippen molar-refractivity contribution in [1.29, 1.82) is 0 Å². The lowest BCUT2D eigenvalue weighted by Gasteiger charge is -2.19. The first kappa shape index (κ1) is 26.7. The van der Waals surface area contributed by atoms with Crippen LogP contribution in [0.25, 0.3) is 98.5 Å². The van der Waals surface area contributed by atoms with Crippen LogP contribution in [0, 0.1) is 0 Å². The van der Waals surface area contributed by atoms with Crippen LogP contribution in [-0.4, -0.2) is 19.9 Å². The van der Waals surface area contributed by atoms with Gasteiger partial charge in [0.05, 0.1) is 22.2 Å². The van der Waals surface area contributed by atoms with Crippen molar-refractivity contribution in [2.24, 2.45) is 0 Å². The van der Waals surface area contributed by atoms with Crippen molar-refractivity contribution in [2.45, 2.75) is 0 Å². The van der Waals surface area contributed by atoms with Gasteiger partial charge in [0.2, 0.25) is 0 Å². The highest BCUT2D eigenvalue weighted by Gasteiger charge is 2.21. The molecule has 6 aromatic carbocycles. The highest BCUT2D eigenvalue weighted by atomic mass is 14.7. The third-order valence-corrected chi connectivity index (χ3v) is 9.60. The largest absolute Gasteiger partial charge is 0.265 e. The number of hydrogen-bond donors (Lipinski definition) is 0. The number of nitrogens with zero attached hydrogens (tertiary/aromatic N) is 4. The molecule has 222 valence electrons. The summed E-state index contributed by atoms with van der Waals surface area (Å²) < 4.78 is 0. The van der Waals surface area contributed by atoms with Crippen LogP contribution in [0.3, 0.4) is 0 Å². The fourth-order valence-electron chi connectivity index (χ4n) is 7.63. The van der Waals surface area contributed by atoms with E-state index in [1.807, 2.05) is 36.9 Å². The minimum absolute atomic E-state index is 0.891. The fraction of sp³-hybridized carbons (Fsp3) is 0. The molecule has 0 saturated heterocycles. The molecule has 0 spiro atoms. The van der Waals surface area contributed by atoms with Crippen LogP contribution in [0.4, 0.5) is 0 Å². The molecule has 0 atom stereocenters. The molecule has 0 N–H and O–H groups in total. The van der Waals surface area contributed by atoms with Gasteiger partial charge in [-0.05, 0) is 74.1 Å². The van der Waals surface area contributed by atoms with Crippen molar-refractivity contribution in [3.05, 3.63) is 158 Å². The van der Waals surface area contributed by atoms with Gasteiger partial charge in [0.1, 0.15) is 0 Å². The van der Waals surface area contributed by atoms with Crippen molar-refractivity contribution in [3.8, 4) is 33.5 Å². The van der Waals surface area contributed by atoms with Gasteiger partial charge in [0.15, 0.2) is 0 Å². The SMILES string of the molecule is c1ccc(-c2nc3cc(-c4c5ccccc5c(-c5ccncc5)c5ccccc45)ccc3c3c4cccnc4c4ncccc4c23)cc1. The molecule has 0 amide bonds. The topological polar surface area (TPSA) is 51.6 Å². The highest BCUT2D eigenvalue weighted by molar-refractivity contribution is 6.32. The summed E-state index contributed by atoms with van der Waals surface area (Å²) >= 11 is 0. The maximum atomic E-state index is 5.49. The van der Waals surface area contributed by atoms with E-state index in [4.69, 9.17) is 15.0 Å². The summed E-state index contributed by atoms with van der Waals surface area (Å²) in [6, 6.07) is 47.3. The fourth-order valence-corrected chi connectivity index (χ4v) is 7.63. The molecule has 0 unspecified atom stereocenters. The summed E-state index contributed by atoms with van der Waals surface area (Å²) in [5.74, 6) is 0. The van der Waals surface area contributed by atoms with Gasteiger partial charge in [-0.2, -0.15) is 0 Å². The minimum Gasteiger partial charge on any atom is -0.265 e. The van der Waals surface area contributed by atoms with Crippen molar-refractivity contribution in [2.75, 3.05) is 0 Å². The lowest BCUT2D eigenvalue weighted by Crippen LogP contribution is -1.95. The van der Waals surface area contributed by atoms with Crippen molar-refractivity contribution in [3.63, 3.8) is 0 Å². The highest BCUT2D eigenvalue weighted by Crippen LogP contribution is 2.46. The van der Waals surface area contributed by atoms with E-state index in [1.54, 1.807) is 0 Å². The molecule has 0 fully saturated rings. The smallest absolute Gasteiger partial charge is 0.0971 e. The van der Waals surface area contributed by atoms with Gasteiger partial charge in [-0.1, -0.05) is 103 Å². The van der Waals surface area contributed by atoms with E-state index in [1.165, 1.54) is 32.7 Å². The van der Waals surface area contributed by atoms with Gasteiger partial charge in [-0.25, -0.2) is 4.98 Å². The molecule has 0 aliphatic rings. The van der Waals surface area contributed by atoms with E-state index in [9.17, 15) is 0 Å². The second-order valence-corrected chi connectivity index (χ2v) is 12.2. The van der Waals surface area contributed by atoms with E-state index in [0.717, 1.165) is 65.9 Å². The zero-order valence-electron chi connectivity index (χ0n) is 25.8. The number of pyridine rings is 4. The average Bonchev–Trinajstić information content (AvgIpc) is 3.17. The molecule has 0 aliphatic carbocycles. The first-order valence-corrected chi connectivity index (χ1v) is 16.1. The molecule has 0 bridgehead atoms. The van der Waals surface area contributed by atoms with Gasteiger partial charge in [0, 0.05) is 57.3 Å². The number of fused-ring (bicyclic) bond motifs is 10. The van der Waals surface area contributed by atoms with E-state index in [-0.39, 0.29) is 0 Å². The molecule has 0 aliphatic heterocycles. The molecule has 48 heavy (non-hydrogen) atoms. The second-order valence-electron chi connectivity index (χ2n) is 12.2. The second kappa shape index (κ2) is 10.5. The van der Waals surface area contributed by atoms with Gasteiger partial charge in [0.25, 0.3) is 0 Å². The summed E-state index contributed by atoms with van der Waals surface area (Å²) in [5.41, 5.74) is 9.47. The Bertz CT molecular complexity index is 2830. The zero-order chi connectivity index (χ0) is 31.6. The standard InChI is InChI=1S/C44H26N4/c1-2-10-28(11-3-1)42-41-36-17-9-23-47-44(36)43-35(16-8-22-46-43)40(41)34-19-18-29(26-37(34)48-42)39-32-14-6-4-12-30(32)38(27-20-24-45-25-21-27)31-13-5-7-15-33(31)39/h1-26H. The van der Waals surface area contributed by atoms with Crippen LogP contribution in [0.1, 0.15) is 0 Å². The molecule has 0 radical (unpaired) electrons. The van der Waals surface area contributed by atoms with Crippen LogP contribution in [0.2, 0.25) is 0 Å². The summed E-state index contributed by atoms with van der Waals surface area (Å²) in [4.78, 5) is 19.5. The summed E-state index contributed by atoms with van der Waals surface area (Å²) in [7, 11) is 0. The number of aromatic nitrogens is 4. The van der Waals surface area contributed by atoms with Crippen LogP contribution in [-0.2, 0) is 0 Å². The van der Waals surface area contributed by atoms with Crippen LogP contribution >= 0.6 is 0 Å². The average molecular weight is 611 g/mol. The predicted molar refractivity (Wildman–Crippen MR) is 199 cm³/mol. The molecular weight excluding hydrogens is 585 g/mol. The third-order valence-electron chi connectivity index (χ3n) is 9.60. The first-order valence-electron chi connectivity index (χ1n) is 16.1. The molecule has 10 aromatic rings. The van der Waals surface area contributed by atoms with E-state index in [2.05, 4.69) is 126 Å². The Balaban J connectivity index is 1.36. The van der Waals surface area contributed by atoms with Crippen molar-refractivity contribution in [1.82, 2.24) is 19.9 Å². The normalized spacial score (nSPS) is 11.8. The Hall–Kier alpha value is -6.52. The van der Waals surface area contributed by atoms with Gasteiger partial charge in [-0.3, -0.25) is 15.0 Å². The summed E-state index contributed by atoms with van der Waals surface area (Å²) in [6.45, 7) is 0. The summed E-state index contributed by atoms with van der Waals surface area (Å²) in [5, 5.41) is 10.3. The van der Waals surface area contributed by atoms with Crippen molar-refractivity contribution >= 4 is 65.0 Å². The number of hydrogen-bond acceptors (Lipinski definition) is 4. The van der Waals surface area contributed by atoms with Crippen LogP contribution < -0.4 is 0 Å². The zero-order valence-corrected chi connectivity index (χ0v) is 25.8. The molecule has 4 heterocycles. The molecule has 4 nitrogen and oxygen atoms in total. The van der Waals surface area contributed by atoms with Crippen molar-refractivity contribution < 1.29 is 0 Å². The maximum absolute atomic E-state index is 5.49. The molecule has 4 aromatic heterocycles.